The van der Waals surface area contributed by atoms with Crippen molar-refractivity contribution in [2.75, 3.05) is 25.6 Å². The zero-order valence-corrected chi connectivity index (χ0v) is 33.4. The minimum absolute atomic E-state index is 0.0300. The number of benzene rings is 1. The number of nitrogens with zero attached hydrogens (tertiary/aromatic N) is 3. The Kier molecular flexibility index (Phi) is 15.0. The van der Waals surface area contributed by atoms with E-state index in [1.54, 1.807) is 48.0 Å². The lowest BCUT2D eigenvalue weighted by atomic mass is 10.1. The predicted octanol–water partition coefficient (Wildman–Crippen LogP) is 6.45. The number of carbonyl (C=O) groups is 1. The van der Waals surface area contributed by atoms with Gasteiger partial charge >= 0.3 is 33.0 Å². The second-order valence-electron chi connectivity index (χ2n) is 14.3. The number of carbonyl (C=O) groups excluding carboxylic acids is 1. The quantitative estimate of drug-likeness (QED) is 0.0876. The molecule has 5 atom stereocenters. The summed E-state index contributed by atoms with van der Waals surface area (Å²) in [6, 6.07) is 7.60. The molecule has 0 spiro atoms. The minimum Gasteiger partial charge on any atom is -0.462 e. The molecule has 1 saturated heterocycles. The maximum absolute atomic E-state index is 14.2. The minimum atomic E-state index is -4.13. The first-order valence-corrected chi connectivity index (χ1v) is 21.7. The number of aromatic nitrogens is 4. The number of imidazole rings is 1. The van der Waals surface area contributed by atoms with Gasteiger partial charge in [0, 0.05) is 18.2 Å². The third-order valence-corrected chi connectivity index (χ3v) is 12.9. The molecule has 1 saturated carbocycles. The molecular formula is C34H50ClMgN6O8P. The highest BCUT2D eigenvalue weighted by molar-refractivity contribution is 7.52. The standard InChI is InChI=1S/C30H41N6O8P.C4H9.ClH.Mg/c1-4-10-20(2)43-28(38)21(3)35-45(39,44-23-11-6-5-7-12-23)42-18-30(17-41-24-13-8-9-14-40-24)15-22(30)16-36-19-32-25-26(36)33-29(31)34-27(25)37;1-4(2)3;;/h5-7,11-12,16,19-21,24H,4,8-10,13-15,17-18H2,1-3H3,(H,35,39)(H3,31,33,34,37);1-3H3;1H;/q;;;+1/p-1/b22-16-;;;/t20-,21-,24?,30?,45-;;;/m0.../s1. The number of H-pyrrole nitrogens is 1. The van der Waals surface area contributed by atoms with Gasteiger partial charge in [-0.25, -0.2) is 9.55 Å². The normalized spacial score (nSPS) is 21.9. The van der Waals surface area contributed by atoms with E-state index in [9.17, 15) is 14.2 Å². The van der Waals surface area contributed by atoms with Crippen molar-refractivity contribution in [3.05, 3.63) is 52.6 Å². The summed E-state index contributed by atoms with van der Waals surface area (Å²) in [5.41, 5.74) is 5.95. The molecule has 278 valence electrons. The number of fused-ring (bicyclic) bond motifs is 1. The van der Waals surface area contributed by atoms with Crippen molar-refractivity contribution in [2.24, 2.45) is 5.41 Å². The van der Waals surface area contributed by atoms with Crippen LogP contribution in [0.2, 0.25) is 3.54 Å². The van der Waals surface area contributed by atoms with Crippen LogP contribution in [0.3, 0.4) is 0 Å². The molecule has 1 aromatic carbocycles. The lowest BCUT2D eigenvalue weighted by molar-refractivity contribution is -0.171. The summed E-state index contributed by atoms with van der Waals surface area (Å²) in [4.78, 5) is 36.0. The van der Waals surface area contributed by atoms with Gasteiger partial charge in [-0.05, 0) is 63.7 Å². The Morgan fingerprint density at radius 2 is 2.00 bits per heavy atom. The highest BCUT2D eigenvalue weighted by Crippen LogP contribution is 2.57. The van der Waals surface area contributed by atoms with Crippen LogP contribution < -0.4 is 20.9 Å². The predicted molar refractivity (Wildman–Crippen MR) is 198 cm³/mol. The second kappa shape index (κ2) is 18.5. The smallest absolute Gasteiger partial charge is 0.462 e. The van der Waals surface area contributed by atoms with Gasteiger partial charge in [-0.15, -0.1) is 3.54 Å². The molecule has 1 aliphatic carbocycles. The molecule has 0 amide bonds. The van der Waals surface area contributed by atoms with Crippen LogP contribution in [0.25, 0.3) is 17.4 Å². The van der Waals surface area contributed by atoms with Crippen LogP contribution >= 0.6 is 16.8 Å². The molecule has 3 aromatic rings. The molecule has 2 unspecified atom stereocenters. The fraction of sp³-hybridized carbons (Fsp3) is 0.588. The highest BCUT2D eigenvalue weighted by atomic mass is 35.5. The summed E-state index contributed by atoms with van der Waals surface area (Å²) in [5, 5.41) is 2.77. The summed E-state index contributed by atoms with van der Waals surface area (Å²) in [5.74, 6) is -0.290. The largest absolute Gasteiger partial charge is 0.506 e. The van der Waals surface area contributed by atoms with Gasteiger partial charge in [0.1, 0.15) is 18.1 Å². The Balaban J connectivity index is 0.000000894. The van der Waals surface area contributed by atoms with Crippen LogP contribution in [0, 0.1) is 5.41 Å². The van der Waals surface area contributed by atoms with Crippen molar-refractivity contribution in [3.63, 3.8) is 0 Å². The number of esters is 1. The van der Waals surface area contributed by atoms with E-state index in [4.69, 9.17) is 38.1 Å². The monoisotopic (exact) mass is 760 g/mol. The van der Waals surface area contributed by atoms with Gasteiger partial charge < -0.3 is 33.5 Å². The number of nitrogen functional groups attached to an aromatic ring is 1. The molecule has 2 fully saturated rings. The summed E-state index contributed by atoms with van der Waals surface area (Å²) in [6.45, 7) is 12.7. The highest BCUT2D eigenvalue weighted by Gasteiger charge is 2.52. The molecule has 5 rings (SSSR count). The third kappa shape index (κ3) is 12.6. The fourth-order valence-corrected chi connectivity index (χ4v) is 6.68. The average molecular weight is 762 g/mol. The van der Waals surface area contributed by atoms with Crippen LogP contribution in [0.15, 0.2) is 47.0 Å². The summed E-state index contributed by atoms with van der Waals surface area (Å²) >= 11 is -0.275. The lowest BCUT2D eigenvalue weighted by Gasteiger charge is -2.27. The van der Waals surface area contributed by atoms with Gasteiger partial charge in [0.2, 0.25) is 5.95 Å². The van der Waals surface area contributed by atoms with Crippen molar-refractivity contribution in [3.8, 4) is 5.75 Å². The van der Waals surface area contributed by atoms with Gasteiger partial charge in [0.15, 0.2) is 17.5 Å². The molecule has 3 heterocycles. The zero-order valence-electron chi connectivity index (χ0n) is 30.4. The van der Waals surface area contributed by atoms with Gasteiger partial charge in [0.25, 0.3) is 5.56 Å². The topological polar surface area (TPSA) is 182 Å². The molecule has 0 radical (unpaired) electrons. The molecule has 4 N–H and O–H groups in total. The number of halogens is 1. The van der Waals surface area contributed by atoms with Crippen molar-refractivity contribution in [1.82, 2.24) is 24.6 Å². The van der Waals surface area contributed by atoms with Crippen molar-refractivity contribution < 1.29 is 32.6 Å². The Hall–Kier alpha value is -2.49. The number of rotatable bonds is 15. The number of hydrogen-bond acceptors (Lipinski definition) is 11. The van der Waals surface area contributed by atoms with E-state index in [1.165, 1.54) is 6.33 Å². The average Bonchev–Trinajstić information content (AvgIpc) is 3.62. The number of nitrogens with one attached hydrogen (secondary N) is 2. The summed E-state index contributed by atoms with van der Waals surface area (Å²) in [6.07, 6.45) is 7.44. The van der Waals surface area contributed by atoms with Crippen LogP contribution in [0.1, 0.15) is 80.1 Å². The Morgan fingerprint density at radius 3 is 2.65 bits per heavy atom. The van der Waals surface area contributed by atoms with E-state index in [1.807, 2.05) is 13.8 Å². The second-order valence-corrected chi connectivity index (χ2v) is 19.1. The third-order valence-electron chi connectivity index (χ3n) is 8.11. The Morgan fingerprint density at radius 1 is 1.27 bits per heavy atom. The van der Waals surface area contributed by atoms with E-state index < -0.39 is 30.7 Å². The van der Waals surface area contributed by atoms with Crippen molar-refractivity contribution in [1.29, 1.82) is 0 Å². The van der Waals surface area contributed by atoms with E-state index in [0.717, 1.165) is 31.3 Å². The number of nitrogens with two attached hydrogens (primary N) is 1. The van der Waals surface area contributed by atoms with E-state index in [-0.39, 0.29) is 56.3 Å². The molecule has 2 aliphatic rings. The molecule has 1 aliphatic heterocycles. The van der Waals surface area contributed by atoms with E-state index in [2.05, 4.69) is 40.8 Å². The van der Waals surface area contributed by atoms with Crippen LogP contribution in [0.4, 0.5) is 5.95 Å². The Labute approximate surface area is 312 Å². The number of anilines is 1. The number of ether oxygens (including phenoxy) is 3. The lowest BCUT2D eigenvalue weighted by Crippen LogP contribution is -2.37. The molecular weight excluding hydrogens is 711 g/mol. The maximum Gasteiger partial charge on any atom is 0.506 e. The van der Waals surface area contributed by atoms with E-state index >= 15 is 0 Å². The number of aromatic amines is 1. The van der Waals surface area contributed by atoms with Crippen molar-refractivity contribution >= 4 is 65.4 Å². The van der Waals surface area contributed by atoms with Gasteiger partial charge in [-0.1, -0.05) is 52.3 Å². The van der Waals surface area contributed by atoms with Crippen molar-refractivity contribution in [2.45, 2.75) is 102 Å². The molecule has 0 bridgehead atoms. The fourth-order valence-electron chi connectivity index (χ4n) is 5.11. The van der Waals surface area contributed by atoms with Crippen LogP contribution in [-0.4, -0.2) is 83.0 Å². The SMILES string of the molecule is CCC[C@H](C)OC(=O)[C@H](C)N[P@](=O)(OCC1(COC2CCCCO2)C/C1=C/n1cnc2c(=O)[nH]c(N)nc21)Oc1ccccc1.C[C](C)(C)[Mg][Cl]. The Bertz CT molecular complexity index is 1730. The molecule has 51 heavy (non-hydrogen) atoms. The zero-order chi connectivity index (χ0) is 37.2. The summed E-state index contributed by atoms with van der Waals surface area (Å²) < 4.78 is 45.7. The molecule has 14 nitrogen and oxygen atoms in total. The first-order valence-electron chi connectivity index (χ1n) is 17.4. The first-order chi connectivity index (χ1) is 24.2. The molecule has 17 heteroatoms. The van der Waals surface area contributed by atoms with Crippen LogP contribution in [0.5, 0.6) is 5.75 Å². The van der Waals surface area contributed by atoms with Gasteiger partial charge in [-0.2, -0.15) is 10.1 Å². The van der Waals surface area contributed by atoms with Crippen LogP contribution in [-0.2, 0) is 28.1 Å². The first kappa shape index (κ1) is 41.3. The molecule has 2 aromatic heterocycles. The number of hydrogen-bond donors (Lipinski definition) is 3. The summed E-state index contributed by atoms with van der Waals surface area (Å²) in [7, 11) is 1.49. The van der Waals surface area contributed by atoms with E-state index in [0.29, 0.717) is 34.4 Å². The number of para-hydroxylation sites is 1. The van der Waals surface area contributed by atoms with Gasteiger partial charge in [-0.3, -0.25) is 23.7 Å². The van der Waals surface area contributed by atoms with Gasteiger partial charge in [0.05, 0.1) is 19.3 Å². The maximum atomic E-state index is 14.2.